The van der Waals surface area contributed by atoms with E-state index in [9.17, 15) is 9.18 Å². The van der Waals surface area contributed by atoms with Crippen LogP contribution in [0.1, 0.15) is 50.1 Å². The average Bonchev–Trinajstić information content (AvgIpc) is 2.88. The molecule has 0 aliphatic carbocycles. The minimum absolute atomic E-state index is 0.0265. The van der Waals surface area contributed by atoms with E-state index in [0.29, 0.717) is 25.3 Å². The number of aliphatic imine (C=N–C) groups is 1. The minimum Gasteiger partial charge on any atom is -0.378 e. The van der Waals surface area contributed by atoms with Crippen LogP contribution in [-0.4, -0.2) is 56.5 Å². The molecular weight excluding hydrogens is 498 g/mol. The Morgan fingerprint density at radius 2 is 2.08 bits per heavy atom. The zero-order chi connectivity index (χ0) is 27.0. The second-order valence-electron chi connectivity index (χ2n) is 9.59. The highest BCUT2D eigenvalue weighted by atomic mass is 32.2. The number of pyridine rings is 2. The molecule has 2 aromatic rings. The van der Waals surface area contributed by atoms with Crippen LogP contribution in [0.2, 0.25) is 0 Å². The Labute approximate surface area is 218 Å². The number of carbonyl (C=O) groups is 1. The SMILES string of the molecule is C[C@@H]1COCCN1C(=O)[C@@]1(C)SC(N)=N[C@](C)(c2cc(/C=C(\F)c3ccc(C#N)cn3)cnc2F)[C@@H]1C. The first-order valence-corrected chi connectivity index (χ1v) is 12.6. The number of nitriles is 1. The highest BCUT2D eigenvalue weighted by Crippen LogP contribution is 2.51. The summed E-state index contributed by atoms with van der Waals surface area (Å²) in [7, 11) is 0. The van der Waals surface area contributed by atoms with Crippen LogP contribution in [0.15, 0.2) is 35.6 Å². The van der Waals surface area contributed by atoms with E-state index in [-0.39, 0.29) is 33.9 Å². The monoisotopic (exact) mass is 526 g/mol. The van der Waals surface area contributed by atoms with Gasteiger partial charge in [0.15, 0.2) is 5.17 Å². The molecule has 0 spiro atoms. The summed E-state index contributed by atoms with van der Waals surface area (Å²) in [4.78, 5) is 28.0. The Bertz CT molecular complexity index is 1310. The second-order valence-corrected chi connectivity index (χ2v) is 11.1. The molecular formula is C26H28F2N6O2S. The van der Waals surface area contributed by atoms with Crippen molar-refractivity contribution in [1.29, 1.82) is 5.26 Å². The fraction of sp³-hybridized carbons (Fsp3) is 0.423. The van der Waals surface area contributed by atoms with E-state index in [1.165, 1.54) is 48.4 Å². The summed E-state index contributed by atoms with van der Waals surface area (Å²) in [6, 6.07) is 6.13. The number of amides is 1. The highest BCUT2D eigenvalue weighted by Gasteiger charge is 2.55. The maximum atomic E-state index is 15.2. The normalized spacial score (nSPS) is 28.4. The van der Waals surface area contributed by atoms with E-state index in [2.05, 4.69) is 15.0 Å². The van der Waals surface area contributed by atoms with Crippen molar-refractivity contribution in [2.24, 2.45) is 16.6 Å². The fourth-order valence-corrected chi connectivity index (χ4v) is 6.03. The number of morpholine rings is 1. The fourth-order valence-electron chi connectivity index (χ4n) is 4.75. The molecule has 0 aromatic carbocycles. The molecule has 0 saturated carbocycles. The molecule has 0 unspecified atom stereocenters. The zero-order valence-electron chi connectivity index (χ0n) is 21.0. The van der Waals surface area contributed by atoms with E-state index in [1.807, 2.05) is 19.9 Å². The van der Waals surface area contributed by atoms with Gasteiger partial charge in [-0.1, -0.05) is 18.7 Å². The first-order chi connectivity index (χ1) is 17.5. The van der Waals surface area contributed by atoms with E-state index < -0.39 is 28.0 Å². The lowest BCUT2D eigenvalue weighted by molar-refractivity contribution is -0.143. The second kappa shape index (κ2) is 10.2. The van der Waals surface area contributed by atoms with Gasteiger partial charge in [-0.25, -0.2) is 9.37 Å². The molecule has 2 aliphatic heterocycles. The third kappa shape index (κ3) is 4.95. The van der Waals surface area contributed by atoms with E-state index in [1.54, 1.807) is 18.7 Å². The Morgan fingerprint density at radius 3 is 2.73 bits per heavy atom. The van der Waals surface area contributed by atoms with Crippen LogP contribution in [0, 0.1) is 23.2 Å². The number of rotatable bonds is 4. The molecule has 0 bridgehead atoms. The van der Waals surface area contributed by atoms with Gasteiger partial charge < -0.3 is 15.4 Å². The molecule has 2 N–H and O–H groups in total. The maximum Gasteiger partial charge on any atom is 0.239 e. The van der Waals surface area contributed by atoms with E-state index in [4.69, 9.17) is 15.7 Å². The summed E-state index contributed by atoms with van der Waals surface area (Å²) in [6.07, 6.45) is 3.66. The smallest absolute Gasteiger partial charge is 0.239 e. The van der Waals surface area contributed by atoms with Crippen molar-refractivity contribution in [3.8, 4) is 6.07 Å². The molecule has 4 heterocycles. The largest absolute Gasteiger partial charge is 0.378 e. The van der Waals surface area contributed by atoms with Gasteiger partial charge in [0.2, 0.25) is 11.9 Å². The number of hydrogen-bond acceptors (Lipinski definition) is 8. The van der Waals surface area contributed by atoms with Crippen LogP contribution in [0.5, 0.6) is 0 Å². The lowest BCUT2D eigenvalue weighted by Gasteiger charge is -2.49. The quantitative estimate of drug-likeness (QED) is 0.601. The Hall–Kier alpha value is -3.36. The molecule has 4 atom stereocenters. The molecule has 1 saturated heterocycles. The molecule has 4 rings (SSSR count). The molecule has 0 radical (unpaired) electrons. The molecule has 11 heteroatoms. The number of thioether (sulfide) groups is 1. The van der Waals surface area contributed by atoms with E-state index in [0.717, 1.165) is 0 Å². The summed E-state index contributed by atoms with van der Waals surface area (Å²) >= 11 is 1.17. The van der Waals surface area contributed by atoms with Crippen LogP contribution < -0.4 is 5.73 Å². The molecule has 194 valence electrons. The third-order valence-corrected chi connectivity index (χ3v) is 8.47. The van der Waals surface area contributed by atoms with E-state index >= 15 is 4.39 Å². The molecule has 2 aliphatic rings. The number of halogens is 2. The molecule has 1 fully saturated rings. The third-order valence-electron chi connectivity index (χ3n) is 7.22. The summed E-state index contributed by atoms with van der Waals surface area (Å²) in [5.41, 5.74) is 5.70. The minimum atomic E-state index is -1.25. The number of nitrogens with two attached hydrogens (primary N) is 1. The van der Waals surface area contributed by atoms with Gasteiger partial charge in [-0.2, -0.15) is 9.65 Å². The van der Waals surface area contributed by atoms with Crippen molar-refractivity contribution in [3.63, 3.8) is 0 Å². The van der Waals surface area contributed by atoms with Gasteiger partial charge in [-0.3, -0.25) is 14.8 Å². The predicted molar refractivity (Wildman–Crippen MR) is 138 cm³/mol. The lowest BCUT2D eigenvalue weighted by Crippen LogP contribution is -2.60. The van der Waals surface area contributed by atoms with Gasteiger partial charge in [0.25, 0.3) is 0 Å². The van der Waals surface area contributed by atoms with Crippen molar-refractivity contribution in [1.82, 2.24) is 14.9 Å². The number of aromatic nitrogens is 2. The van der Waals surface area contributed by atoms with Crippen molar-refractivity contribution >= 4 is 34.7 Å². The predicted octanol–water partition coefficient (Wildman–Crippen LogP) is 3.87. The number of amidine groups is 1. The number of nitrogens with zero attached hydrogens (tertiary/aromatic N) is 5. The first kappa shape index (κ1) is 26.7. The molecule has 37 heavy (non-hydrogen) atoms. The summed E-state index contributed by atoms with van der Waals surface area (Å²) in [5.74, 6) is -2.07. The van der Waals surface area contributed by atoms with Crippen LogP contribution in [-0.2, 0) is 15.1 Å². The van der Waals surface area contributed by atoms with Crippen LogP contribution in [0.3, 0.4) is 0 Å². The van der Waals surface area contributed by atoms with Gasteiger partial charge in [0.1, 0.15) is 16.6 Å². The summed E-state index contributed by atoms with van der Waals surface area (Å²) in [5, 5.41) is 9.07. The lowest BCUT2D eigenvalue weighted by atomic mass is 9.73. The van der Waals surface area contributed by atoms with Gasteiger partial charge >= 0.3 is 0 Å². The average molecular weight is 527 g/mol. The number of carbonyl (C=O) groups excluding carboxylic acids is 1. The molecule has 8 nitrogen and oxygen atoms in total. The summed E-state index contributed by atoms with van der Waals surface area (Å²) < 4.78 is 34.6. The summed E-state index contributed by atoms with van der Waals surface area (Å²) in [6.45, 7) is 8.62. The standard InChI is InChI=1S/C26H28F2N6O2S/c1-15-14-36-8-7-34(15)23(35)26(4)16(2)25(3,33-24(30)37-26)19-9-18(13-32-22(19)28)10-20(27)21-6-5-17(11-29)12-31-21/h5-6,9-10,12-13,15-16H,7-8,14H2,1-4H3,(H2,30,33)/b20-10-/t15-,16+,25+,26+/m1/s1. The highest BCUT2D eigenvalue weighted by molar-refractivity contribution is 8.15. The van der Waals surface area contributed by atoms with Crippen molar-refractivity contribution in [2.75, 3.05) is 19.8 Å². The Balaban J connectivity index is 1.72. The topological polar surface area (TPSA) is 117 Å². The van der Waals surface area contributed by atoms with Crippen LogP contribution >= 0.6 is 11.8 Å². The maximum absolute atomic E-state index is 15.2. The Kier molecular flexibility index (Phi) is 7.35. The first-order valence-electron chi connectivity index (χ1n) is 11.8. The van der Waals surface area contributed by atoms with Crippen molar-refractivity contribution < 1.29 is 18.3 Å². The van der Waals surface area contributed by atoms with Gasteiger partial charge in [0.05, 0.1) is 36.1 Å². The van der Waals surface area contributed by atoms with Gasteiger partial charge in [-0.05, 0) is 50.6 Å². The molecule has 1 amide bonds. The zero-order valence-corrected chi connectivity index (χ0v) is 21.9. The van der Waals surface area contributed by atoms with Gasteiger partial charge in [-0.15, -0.1) is 0 Å². The van der Waals surface area contributed by atoms with Crippen LogP contribution in [0.4, 0.5) is 8.78 Å². The van der Waals surface area contributed by atoms with Crippen LogP contribution in [0.25, 0.3) is 11.9 Å². The van der Waals surface area contributed by atoms with Crippen molar-refractivity contribution in [3.05, 3.63) is 58.9 Å². The number of hydrogen-bond donors (Lipinski definition) is 1. The van der Waals surface area contributed by atoms with Crippen molar-refractivity contribution in [2.45, 2.75) is 44.0 Å². The Morgan fingerprint density at radius 1 is 1.32 bits per heavy atom. The number of ether oxygens (including phenoxy) is 1. The molecule has 2 aromatic heterocycles. The van der Waals surface area contributed by atoms with Gasteiger partial charge in [0, 0.05) is 30.4 Å².